The van der Waals surface area contributed by atoms with Gasteiger partial charge in [-0.25, -0.2) is 0 Å². The third-order valence-electron chi connectivity index (χ3n) is 1.09. The smallest absolute Gasteiger partial charge is 0.0325 e. The maximum Gasteiger partial charge on any atom is 0.0325 e. The predicted octanol–water partition coefficient (Wildman–Crippen LogP) is 4.04. The van der Waals surface area contributed by atoms with E-state index in [1.807, 2.05) is 58.2 Å². The van der Waals surface area contributed by atoms with Crippen molar-refractivity contribution in [3.63, 3.8) is 0 Å². The van der Waals surface area contributed by atoms with Crippen LogP contribution in [0.15, 0.2) is 29.2 Å². The van der Waals surface area contributed by atoms with Crippen molar-refractivity contribution in [3.8, 4) is 0 Å². The van der Waals surface area contributed by atoms with Gasteiger partial charge in [0.2, 0.25) is 0 Å². The van der Waals surface area contributed by atoms with Gasteiger partial charge in [0.25, 0.3) is 0 Å². The molecule has 76 valence electrons. The highest BCUT2D eigenvalue weighted by Gasteiger charge is 1.86. The number of nitrogen functional groups attached to an aromatic ring is 1. The fourth-order valence-electron chi connectivity index (χ4n) is 0.642. The van der Waals surface area contributed by atoms with Crippen molar-refractivity contribution in [1.29, 1.82) is 0 Å². The molecular weight excluding hydrogens is 178 g/mol. The number of nitrogens with two attached hydrogens (primary N) is 1. The highest BCUT2D eigenvalue weighted by molar-refractivity contribution is 7.98. The lowest BCUT2D eigenvalue weighted by atomic mass is 10.3. The molecule has 1 aromatic rings. The molecule has 0 saturated carbocycles. The van der Waals surface area contributed by atoms with Crippen molar-refractivity contribution in [2.75, 3.05) is 12.0 Å². The minimum atomic E-state index is 0.835. The van der Waals surface area contributed by atoms with Gasteiger partial charge in [0.15, 0.2) is 0 Å². The molecule has 0 heterocycles. The van der Waals surface area contributed by atoms with Crippen LogP contribution >= 0.6 is 11.8 Å². The van der Waals surface area contributed by atoms with E-state index >= 15 is 0 Å². The Hall–Kier alpha value is -0.630. The highest BCUT2D eigenvalue weighted by atomic mass is 32.2. The Morgan fingerprint density at radius 1 is 1.08 bits per heavy atom. The Bertz CT molecular complexity index is 199. The summed E-state index contributed by atoms with van der Waals surface area (Å²) in [5, 5.41) is 0. The third-order valence-corrected chi connectivity index (χ3v) is 1.82. The molecule has 2 heteroatoms. The second-order valence-corrected chi connectivity index (χ2v) is 2.66. The lowest BCUT2D eigenvalue weighted by Crippen LogP contribution is -1.82. The standard InChI is InChI=1S/C7H9NS.2C2H6/c1-9-7-4-2-3-6(8)5-7;2*1-2/h2-5H,8H2,1H3;2*1-2H3. The van der Waals surface area contributed by atoms with Gasteiger partial charge in [-0.05, 0) is 24.5 Å². The minimum Gasteiger partial charge on any atom is -0.399 e. The largest absolute Gasteiger partial charge is 0.399 e. The lowest BCUT2D eigenvalue weighted by molar-refractivity contribution is 1.47. The maximum absolute atomic E-state index is 5.52. The molecular formula is C11H21NS. The van der Waals surface area contributed by atoms with Gasteiger partial charge in [0, 0.05) is 10.6 Å². The van der Waals surface area contributed by atoms with Crippen molar-refractivity contribution in [3.05, 3.63) is 24.3 Å². The van der Waals surface area contributed by atoms with Crippen LogP contribution in [0.4, 0.5) is 5.69 Å². The first-order valence-corrected chi connectivity index (χ1v) is 5.95. The van der Waals surface area contributed by atoms with Crippen molar-refractivity contribution in [2.45, 2.75) is 32.6 Å². The van der Waals surface area contributed by atoms with Crippen LogP contribution in [0, 0.1) is 0 Å². The average molecular weight is 199 g/mol. The van der Waals surface area contributed by atoms with Crippen molar-refractivity contribution in [2.24, 2.45) is 0 Å². The second-order valence-electron chi connectivity index (χ2n) is 1.78. The van der Waals surface area contributed by atoms with Crippen LogP contribution in [0.5, 0.6) is 0 Å². The molecule has 0 radical (unpaired) electrons. The molecule has 0 spiro atoms. The quantitative estimate of drug-likeness (QED) is 0.545. The van der Waals surface area contributed by atoms with E-state index in [-0.39, 0.29) is 0 Å². The Morgan fingerprint density at radius 3 is 1.92 bits per heavy atom. The molecule has 1 nitrogen and oxygen atoms in total. The van der Waals surface area contributed by atoms with Crippen molar-refractivity contribution in [1.82, 2.24) is 0 Å². The van der Waals surface area contributed by atoms with E-state index in [0.717, 1.165) is 5.69 Å². The van der Waals surface area contributed by atoms with Crippen LogP contribution in [0.3, 0.4) is 0 Å². The van der Waals surface area contributed by atoms with Gasteiger partial charge in [-0.15, -0.1) is 11.8 Å². The fourth-order valence-corrected chi connectivity index (χ4v) is 1.11. The van der Waals surface area contributed by atoms with E-state index in [1.165, 1.54) is 4.90 Å². The first kappa shape index (κ1) is 14.9. The zero-order valence-corrected chi connectivity index (χ0v) is 10.1. The molecule has 0 unspecified atom stereocenters. The molecule has 13 heavy (non-hydrogen) atoms. The summed E-state index contributed by atoms with van der Waals surface area (Å²) in [4.78, 5) is 1.22. The van der Waals surface area contributed by atoms with Gasteiger partial charge in [-0.1, -0.05) is 33.8 Å². The Morgan fingerprint density at radius 2 is 1.62 bits per heavy atom. The molecule has 0 aliphatic rings. The van der Waals surface area contributed by atoms with E-state index < -0.39 is 0 Å². The summed E-state index contributed by atoms with van der Waals surface area (Å²) >= 11 is 1.70. The van der Waals surface area contributed by atoms with E-state index in [1.54, 1.807) is 11.8 Å². The van der Waals surface area contributed by atoms with Gasteiger partial charge < -0.3 is 5.73 Å². The van der Waals surface area contributed by atoms with Crippen LogP contribution < -0.4 is 5.73 Å². The van der Waals surface area contributed by atoms with E-state index in [9.17, 15) is 0 Å². The van der Waals surface area contributed by atoms with E-state index in [0.29, 0.717) is 0 Å². The number of hydrogen-bond acceptors (Lipinski definition) is 2. The predicted molar refractivity (Wildman–Crippen MR) is 65.3 cm³/mol. The molecule has 2 N–H and O–H groups in total. The summed E-state index contributed by atoms with van der Waals surface area (Å²) in [6, 6.07) is 7.85. The topological polar surface area (TPSA) is 26.0 Å². The zero-order chi connectivity index (χ0) is 10.7. The lowest BCUT2D eigenvalue weighted by Gasteiger charge is -1.94. The van der Waals surface area contributed by atoms with Gasteiger partial charge in [0.05, 0.1) is 0 Å². The van der Waals surface area contributed by atoms with Crippen LogP contribution in [0.25, 0.3) is 0 Å². The maximum atomic E-state index is 5.52. The van der Waals surface area contributed by atoms with Gasteiger partial charge in [-0.2, -0.15) is 0 Å². The molecule has 0 aliphatic carbocycles. The number of benzene rings is 1. The van der Waals surface area contributed by atoms with Crippen molar-refractivity contribution < 1.29 is 0 Å². The molecule has 0 atom stereocenters. The molecule has 1 rings (SSSR count). The second kappa shape index (κ2) is 11.4. The summed E-state index contributed by atoms with van der Waals surface area (Å²) in [6.07, 6.45) is 2.04. The Labute approximate surface area is 86.7 Å². The van der Waals surface area contributed by atoms with E-state index in [4.69, 9.17) is 5.73 Å². The zero-order valence-electron chi connectivity index (χ0n) is 9.29. The summed E-state index contributed by atoms with van der Waals surface area (Å²) in [6.45, 7) is 8.00. The molecule has 0 aromatic heterocycles. The van der Waals surface area contributed by atoms with E-state index in [2.05, 4.69) is 0 Å². The average Bonchev–Trinajstić information content (AvgIpc) is 2.24. The van der Waals surface area contributed by atoms with Gasteiger partial charge in [0.1, 0.15) is 0 Å². The minimum absolute atomic E-state index is 0.835. The Balaban J connectivity index is 0. The number of thioether (sulfide) groups is 1. The fraction of sp³-hybridized carbons (Fsp3) is 0.455. The first-order chi connectivity index (χ1) is 6.33. The molecule has 0 fully saturated rings. The SMILES string of the molecule is CC.CC.CSc1cccc(N)c1. The van der Waals surface area contributed by atoms with Crippen LogP contribution in [-0.4, -0.2) is 6.26 Å². The monoisotopic (exact) mass is 199 g/mol. The van der Waals surface area contributed by atoms with Gasteiger partial charge in [-0.3, -0.25) is 0 Å². The Kier molecular flexibility index (Phi) is 13.0. The normalized spacial score (nSPS) is 7.46. The molecule has 1 aromatic carbocycles. The first-order valence-electron chi connectivity index (χ1n) is 4.72. The summed E-state index contributed by atoms with van der Waals surface area (Å²) in [7, 11) is 0. The molecule has 0 aliphatic heterocycles. The van der Waals surface area contributed by atoms with Crippen LogP contribution in [0.2, 0.25) is 0 Å². The summed E-state index contributed by atoms with van der Waals surface area (Å²) in [5.41, 5.74) is 6.36. The van der Waals surface area contributed by atoms with Crippen molar-refractivity contribution >= 4 is 17.4 Å². The van der Waals surface area contributed by atoms with Gasteiger partial charge >= 0.3 is 0 Å². The summed E-state index contributed by atoms with van der Waals surface area (Å²) < 4.78 is 0. The van der Waals surface area contributed by atoms with Crippen LogP contribution in [-0.2, 0) is 0 Å². The molecule has 0 bridgehead atoms. The highest BCUT2D eigenvalue weighted by Crippen LogP contribution is 2.16. The molecule has 0 saturated heterocycles. The number of hydrogen-bond donors (Lipinski definition) is 1. The third kappa shape index (κ3) is 7.72. The van der Waals surface area contributed by atoms with Crippen LogP contribution in [0.1, 0.15) is 27.7 Å². The molecule has 0 amide bonds. The summed E-state index contributed by atoms with van der Waals surface area (Å²) in [5.74, 6) is 0. The number of rotatable bonds is 1. The number of anilines is 1.